The molecule has 23 heavy (non-hydrogen) atoms. The number of nitrogens with one attached hydrogen (secondary N) is 2. The summed E-state index contributed by atoms with van der Waals surface area (Å²) in [4.78, 5) is 23.4. The maximum atomic E-state index is 13.3. The van der Waals surface area contributed by atoms with Gasteiger partial charge < -0.3 is 5.32 Å². The predicted molar refractivity (Wildman–Crippen MR) is 87.0 cm³/mol. The predicted octanol–water partition coefficient (Wildman–Crippen LogP) is 2.88. The van der Waals surface area contributed by atoms with Gasteiger partial charge in [0.15, 0.2) is 0 Å². The van der Waals surface area contributed by atoms with Crippen LogP contribution >= 0.6 is 11.6 Å². The van der Waals surface area contributed by atoms with Crippen molar-refractivity contribution in [1.82, 2.24) is 5.43 Å². The smallest absolute Gasteiger partial charge is 0.317 e. The molecule has 118 valence electrons. The molecule has 0 bridgehead atoms. The Hall–Kier alpha value is -2.73. The Bertz CT molecular complexity index is 778. The Kier molecular flexibility index (Phi) is 5.43. The number of carbonyl (C=O) groups is 2. The maximum absolute atomic E-state index is 13.3. The van der Waals surface area contributed by atoms with E-state index in [9.17, 15) is 14.0 Å². The van der Waals surface area contributed by atoms with Crippen LogP contribution in [0.2, 0.25) is 5.02 Å². The van der Waals surface area contributed by atoms with Gasteiger partial charge in [-0.3, -0.25) is 9.59 Å². The van der Waals surface area contributed by atoms with Gasteiger partial charge in [-0.1, -0.05) is 35.9 Å². The number of carbonyl (C=O) groups excluding carboxylic acids is 2. The molecule has 0 aliphatic rings. The van der Waals surface area contributed by atoms with Crippen molar-refractivity contribution in [2.45, 2.75) is 6.92 Å². The molecule has 0 fully saturated rings. The van der Waals surface area contributed by atoms with Crippen LogP contribution in [-0.4, -0.2) is 18.0 Å². The highest BCUT2D eigenvalue weighted by Crippen LogP contribution is 2.22. The number of halogens is 2. The van der Waals surface area contributed by atoms with E-state index >= 15 is 0 Å². The van der Waals surface area contributed by atoms with Gasteiger partial charge in [0, 0.05) is 16.3 Å². The van der Waals surface area contributed by atoms with E-state index < -0.39 is 17.6 Å². The van der Waals surface area contributed by atoms with E-state index in [-0.39, 0.29) is 5.56 Å². The molecule has 0 heterocycles. The first-order valence-electron chi connectivity index (χ1n) is 6.63. The summed E-state index contributed by atoms with van der Waals surface area (Å²) in [6.07, 6.45) is 1.12. The van der Waals surface area contributed by atoms with E-state index in [1.54, 1.807) is 31.2 Å². The lowest BCUT2D eigenvalue weighted by Crippen LogP contribution is -2.32. The summed E-state index contributed by atoms with van der Waals surface area (Å²) in [6.45, 7) is 1.71. The third-order valence-electron chi connectivity index (χ3n) is 3.00. The van der Waals surface area contributed by atoms with Crippen LogP contribution in [0.5, 0.6) is 0 Å². The van der Waals surface area contributed by atoms with Gasteiger partial charge in [-0.25, -0.2) is 9.82 Å². The van der Waals surface area contributed by atoms with E-state index in [2.05, 4.69) is 10.4 Å². The SMILES string of the molecule is Cc1c(Cl)cccc1NC(=O)C(=O)N/N=C\c1ccccc1F. The second-order valence-electron chi connectivity index (χ2n) is 4.59. The van der Waals surface area contributed by atoms with Crippen LogP contribution in [0.15, 0.2) is 47.6 Å². The zero-order chi connectivity index (χ0) is 16.8. The topological polar surface area (TPSA) is 70.6 Å². The molecule has 0 saturated heterocycles. The summed E-state index contributed by atoms with van der Waals surface area (Å²) < 4.78 is 13.3. The van der Waals surface area contributed by atoms with E-state index in [0.29, 0.717) is 16.3 Å². The first kappa shape index (κ1) is 16.6. The number of benzene rings is 2. The third-order valence-corrected chi connectivity index (χ3v) is 3.41. The van der Waals surface area contributed by atoms with Crippen LogP contribution in [0.25, 0.3) is 0 Å². The number of hydrazone groups is 1. The van der Waals surface area contributed by atoms with Gasteiger partial charge in [-0.15, -0.1) is 0 Å². The van der Waals surface area contributed by atoms with Gasteiger partial charge in [-0.05, 0) is 30.7 Å². The molecule has 0 spiro atoms. The second-order valence-corrected chi connectivity index (χ2v) is 4.99. The summed E-state index contributed by atoms with van der Waals surface area (Å²) in [7, 11) is 0. The molecule has 2 aromatic carbocycles. The van der Waals surface area contributed by atoms with Crippen LogP contribution in [0.1, 0.15) is 11.1 Å². The molecular formula is C16H13ClFN3O2. The summed E-state index contributed by atoms with van der Waals surface area (Å²) >= 11 is 5.93. The van der Waals surface area contributed by atoms with Crippen molar-refractivity contribution in [3.8, 4) is 0 Å². The standard InChI is InChI=1S/C16H13ClFN3O2/c1-10-12(17)6-4-8-14(10)20-15(22)16(23)21-19-9-11-5-2-3-7-13(11)18/h2-9H,1H3,(H,20,22)(H,21,23)/b19-9-. The van der Waals surface area contributed by atoms with Gasteiger partial charge in [-0.2, -0.15) is 5.10 Å². The van der Waals surface area contributed by atoms with Gasteiger partial charge in [0.05, 0.1) is 6.21 Å². The molecule has 2 N–H and O–H groups in total. The molecule has 2 rings (SSSR count). The molecule has 7 heteroatoms. The van der Waals surface area contributed by atoms with Crippen LogP contribution < -0.4 is 10.7 Å². The van der Waals surface area contributed by atoms with Gasteiger partial charge >= 0.3 is 11.8 Å². The average molecular weight is 334 g/mol. The van der Waals surface area contributed by atoms with Crippen molar-refractivity contribution in [3.63, 3.8) is 0 Å². The maximum Gasteiger partial charge on any atom is 0.329 e. The number of rotatable bonds is 3. The average Bonchev–Trinajstić information content (AvgIpc) is 2.53. The Morgan fingerprint density at radius 2 is 1.87 bits per heavy atom. The molecule has 2 amide bonds. The van der Waals surface area contributed by atoms with E-state index in [0.717, 1.165) is 6.21 Å². The zero-order valence-corrected chi connectivity index (χ0v) is 12.9. The van der Waals surface area contributed by atoms with Crippen molar-refractivity contribution in [3.05, 3.63) is 64.4 Å². The monoisotopic (exact) mass is 333 g/mol. The normalized spacial score (nSPS) is 10.6. The number of nitrogens with zero attached hydrogens (tertiary/aromatic N) is 1. The van der Waals surface area contributed by atoms with Crippen molar-refractivity contribution in [2.24, 2.45) is 5.10 Å². The van der Waals surface area contributed by atoms with Gasteiger partial charge in [0.25, 0.3) is 0 Å². The molecular weight excluding hydrogens is 321 g/mol. The summed E-state index contributed by atoms with van der Waals surface area (Å²) in [5.74, 6) is -2.36. The molecule has 0 aromatic heterocycles. The fraction of sp³-hybridized carbons (Fsp3) is 0.0625. The largest absolute Gasteiger partial charge is 0.329 e. The fourth-order valence-electron chi connectivity index (χ4n) is 1.71. The minimum Gasteiger partial charge on any atom is -0.317 e. The third kappa shape index (κ3) is 4.37. The van der Waals surface area contributed by atoms with Gasteiger partial charge in [0.2, 0.25) is 0 Å². The molecule has 0 saturated carbocycles. The minimum absolute atomic E-state index is 0.193. The number of hydrogen-bond acceptors (Lipinski definition) is 3. The Labute approximate surface area is 137 Å². The van der Waals surface area contributed by atoms with E-state index in [1.165, 1.54) is 18.2 Å². The fourth-order valence-corrected chi connectivity index (χ4v) is 1.89. The van der Waals surface area contributed by atoms with Crippen molar-refractivity contribution in [1.29, 1.82) is 0 Å². The molecule has 0 radical (unpaired) electrons. The van der Waals surface area contributed by atoms with E-state index in [4.69, 9.17) is 11.6 Å². The summed E-state index contributed by atoms with van der Waals surface area (Å²) in [5.41, 5.74) is 3.29. The quantitative estimate of drug-likeness (QED) is 0.515. The molecule has 0 atom stereocenters. The number of hydrogen-bond donors (Lipinski definition) is 2. The highest BCUT2D eigenvalue weighted by molar-refractivity contribution is 6.40. The van der Waals surface area contributed by atoms with Crippen molar-refractivity contribution < 1.29 is 14.0 Å². The van der Waals surface area contributed by atoms with Gasteiger partial charge in [0.1, 0.15) is 5.82 Å². The Balaban J connectivity index is 1.97. The lowest BCUT2D eigenvalue weighted by Gasteiger charge is -2.08. The molecule has 0 aliphatic carbocycles. The highest BCUT2D eigenvalue weighted by atomic mass is 35.5. The first-order chi connectivity index (χ1) is 11.0. The molecule has 5 nitrogen and oxygen atoms in total. The molecule has 0 aliphatic heterocycles. The van der Waals surface area contributed by atoms with Crippen LogP contribution in [-0.2, 0) is 9.59 Å². The lowest BCUT2D eigenvalue weighted by atomic mass is 10.2. The lowest BCUT2D eigenvalue weighted by molar-refractivity contribution is -0.136. The molecule has 0 unspecified atom stereocenters. The van der Waals surface area contributed by atoms with Crippen LogP contribution in [0.4, 0.5) is 10.1 Å². The van der Waals surface area contributed by atoms with E-state index in [1.807, 2.05) is 5.43 Å². The number of anilines is 1. The van der Waals surface area contributed by atoms with Crippen LogP contribution in [0.3, 0.4) is 0 Å². The Morgan fingerprint density at radius 3 is 2.61 bits per heavy atom. The van der Waals surface area contributed by atoms with Crippen molar-refractivity contribution >= 4 is 35.3 Å². The summed E-state index contributed by atoms with van der Waals surface area (Å²) in [6, 6.07) is 10.9. The Morgan fingerprint density at radius 1 is 1.13 bits per heavy atom. The molecule has 2 aromatic rings. The minimum atomic E-state index is -0.975. The van der Waals surface area contributed by atoms with Crippen LogP contribution in [0, 0.1) is 12.7 Å². The number of amides is 2. The zero-order valence-electron chi connectivity index (χ0n) is 12.1. The highest BCUT2D eigenvalue weighted by Gasteiger charge is 2.14. The second kappa shape index (κ2) is 7.51. The van der Waals surface area contributed by atoms with Crippen molar-refractivity contribution in [2.75, 3.05) is 5.32 Å². The first-order valence-corrected chi connectivity index (χ1v) is 7.01. The summed E-state index contributed by atoms with van der Waals surface area (Å²) in [5, 5.41) is 6.45.